The van der Waals surface area contributed by atoms with Crippen molar-refractivity contribution in [3.63, 3.8) is 0 Å². The molecule has 2 saturated heterocycles. The molecule has 0 saturated carbocycles. The fourth-order valence-electron chi connectivity index (χ4n) is 4.95. The van der Waals surface area contributed by atoms with Crippen LogP contribution in [0.5, 0.6) is 6.01 Å². The number of carbonyl (C=O) groups excluding carboxylic acids is 1. The van der Waals surface area contributed by atoms with Crippen molar-refractivity contribution in [2.24, 2.45) is 0 Å². The first-order chi connectivity index (χ1) is 16.2. The Kier molecular flexibility index (Phi) is 7.79. The minimum absolute atomic E-state index is 0.127. The SMILES string of the molecule is COC[C@@H]1CN(c2nc(OC[C@@H]3CCCN3C)nc3c2CCNC3)CCN1C(=O)OC(C)(C)C. The zero-order chi connectivity index (χ0) is 24.3. The summed E-state index contributed by atoms with van der Waals surface area (Å²) in [6.07, 6.45) is 2.92. The molecule has 1 aromatic heterocycles. The van der Waals surface area contributed by atoms with Crippen molar-refractivity contribution in [1.82, 2.24) is 25.1 Å². The van der Waals surface area contributed by atoms with Gasteiger partial charge in [-0.15, -0.1) is 0 Å². The first-order valence-electron chi connectivity index (χ1n) is 12.4. The van der Waals surface area contributed by atoms with Gasteiger partial charge in [0.15, 0.2) is 0 Å². The number of carbonyl (C=O) groups is 1. The quantitative estimate of drug-likeness (QED) is 0.658. The lowest BCUT2D eigenvalue weighted by Crippen LogP contribution is -2.58. The van der Waals surface area contributed by atoms with E-state index in [0.29, 0.717) is 51.4 Å². The number of aromatic nitrogens is 2. The van der Waals surface area contributed by atoms with Crippen LogP contribution in [0, 0.1) is 0 Å². The number of nitrogens with one attached hydrogen (secondary N) is 1. The smallest absolute Gasteiger partial charge is 0.410 e. The zero-order valence-corrected chi connectivity index (χ0v) is 21.3. The van der Waals surface area contributed by atoms with Crippen LogP contribution in [0.25, 0.3) is 0 Å². The van der Waals surface area contributed by atoms with Crippen LogP contribution in [0.4, 0.5) is 10.6 Å². The molecule has 0 unspecified atom stereocenters. The third kappa shape index (κ3) is 5.90. The van der Waals surface area contributed by atoms with Gasteiger partial charge in [0.1, 0.15) is 18.0 Å². The normalized spacial score (nSPS) is 23.7. The van der Waals surface area contributed by atoms with E-state index in [2.05, 4.69) is 22.2 Å². The highest BCUT2D eigenvalue weighted by molar-refractivity contribution is 5.69. The summed E-state index contributed by atoms with van der Waals surface area (Å²) in [7, 11) is 3.81. The van der Waals surface area contributed by atoms with Crippen molar-refractivity contribution < 1.29 is 19.0 Å². The molecule has 34 heavy (non-hydrogen) atoms. The topological polar surface area (TPSA) is 92.3 Å². The highest BCUT2D eigenvalue weighted by Crippen LogP contribution is 2.29. The van der Waals surface area contributed by atoms with Crippen molar-refractivity contribution >= 4 is 11.9 Å². The zero-order valence-electron chi connectivity index (χ0n) is 21.3. The third-order valence-electron chi connectivity index (χ3n) is 6.74. The van der Waals surface area contributed by atoms with E-state index in [-0.39, 0.29) is 12.1 Å². The number of likely N-dealkylation sites (tertiary alicyclic amines) is 1. The first-order valence-corrected chi connectivity index (χ1v) is 12.4. The molecule has 1 N–H and O–H groups in total. The van der Waals surface area contributed by atoms with Gasteiger partial charge in [-0.3, -0.25) is 4.90 Å². The van der Waals surface area contributed by atoms with Crippen LogP contribution in [0.1, 0.15) is 44.9 Å². The average molecular weight is 477 g/mol. The molecule has 0 spiro atoms. The van der Waals surface area contributed by atoms with Crippen molar-refractivity contribution in [3.8, 4) is 6.01 Å². The summed E-state index contributed by atoms with van der Waals surface area (Å²) in [5, 5.41) is 3.41. The second-order valence-corrected chi connectivity index (χ2v) is 10.5. The Labute approximate surface area is 202 Å². The molecule has 10 nitrogen and oxygen atoms in total. The summed E-state index contributed by atoms with van der Waals surface area (Å²) in [5.41, 5.74) is 1.64. The van der Waals surface area contributed by atoms with Crippen LogP contribution in [-0.2, 0) is 22.4 Å². The van der Waals surface area contributed by atoms with E-state index in [4.69, 9.17) is 24.2 Å². The van der Waals surface area contributed by atoms with Gasteiger partial charge in [-0.1, -0.05) is 0 Å². The fourth-order valence-corrected chi connectivity index (χ4v) is 4.95. The summed E-state index contributed by atoms with van der Waals surface area (Å²) < 4.78 is 17.2. The minimum Gasteiger partial charge on any atom is -0.462 e. The number of hydrogen-bond acceptors (Lipinski definition) is 9. The lowest BCUT2D eigenvalue weighted by atomic mass is 10.1. The van der Waals surface area contributed by atoms with E-state index in [1.165, 1.54) is 12.0 Å². The Morgan fingerprint density at radius 2 is 1.97 bits per heavy atom. The molecule has 4 heterocycles. The summed E-state index contributed by atoms with van der Waals surface area (Å²) in [4.78, 5) is 28.9. The molecule has 2 atom stereocenters. The van der Waals surface area contributed by atoms with Gasteiger partial charge in [0.05, 0.1) is 18.3 Å². The van der Waals surface area contributed by atoms with Crippen molar-refractivity contribution in [2.75, 3.05) is 65.0 Å². The van der Waals surface area contributed by atoms with Crippen molar-refractivity contribution in [2.45, 2.75) is 64.3 Å². The highest BCUT2D eigenvalue weighted by atomic mass is 16.6. The van der Waals surface area contributed by atoms with Crippen LogP contribution in [0.2, 0.25) is 0 Å². The van der Waals surface area contributed by atoms with Gasteiger partial charge in [0.25, 0.3) is 0 Å². The van der Waals surface area contributed by atoms with Gasteiger partial charge in [0, 0.05) is 44.9 Å². The Morgan fingerprint density at radius 1 is 1.15 bits per heavy atom. The summed E-state index contributed by atoms with van der Waals surface area (Å²) >= 11 is 0. The summed E-state index contributed by atoms with van der Waals surface area (Å²) in [6, 6.07) is 0.720. The standard InChI is InChI=1S/C24H40N6O4/c1-24(2,3)34-23(31)30-12-11-29(14-18(30)15-32-5)21-19-8-9-25-13-20(19)26-22(27-21)33-16-17-7-6-10-28(17)4/h17-18,25H,6-16H2,1-5H3/t17-,18-/m0/s1. The predicted octanol–water partition coefficient (Wildman–Crippen LogP) is 1.67. The van der Waals surface area contributed by atoms with E-state index in [9.17, 15) is 4.79 Å². The number of rotatable bonds is 6. The molecular weight excluding hydrogens is 436 g/mol. The molecule has 2 fully saturated rings. The van der Waals surface area contributed by atoms with Gasteiger partial charge < -0.3 is 29.3 Å². The minimum atomic E-state index is -0.538. The Bertz CT molecular complexity index is 861. The molecule has 0 aliphatic carbocycles. The van der Waals surface area contributed by atoms with E-state index in [0.717, 1.165) is 37.4 Å². The molecule has 190 valence electrons. The van der Waals surface area contributed by atoms with Crippen LogP contribution >= 0.6 is 0 Å². The van der Waals surface area contributed by atoms with Gasteiger partial charge in [-0.05, 0) is 60.2 Å². The maximum absolute atomic E-state index is 12.8. The molecule has 1 aromatic rings. The van der Waals surface area contributed by atoms with Gasteiger partial charge in [-0.2, -0.15) is 9.97 Å². The number of likely N-dealkylation sites (N-methyl/N-ethyl adjacent to an activating group) is 1. The molecule has 0 bridgehead atoms. The van der Waals surface area contributed by atoms with Crippen LogP contribution in [0.3, 0.4) is 0 Å². The maximum atomic E-state index is 12.8. The molecule has 0 radical (unpaired) electrons. The molecule has 1 amide bonds. The Hall–Kier alpha value is -2.17. The Morgan fingerprint density at radius 3 is 2.68 bits per heavy atom. The number of methoxy groups -OCH3 is 1. The number of fused-ring (bicyclic) bond motifs is 1. The second kappa shape index (κ2) is 10.6. The number of anilines is 1. The van der Waals surface area contributed by atoms with Gasteiger partial charge >= 0.3 is 12.1 Å². The van der Waals surface area contributed by atoms with E-state index in [1.54, 1.807) is 12.0 Å². The Balaban J connectivity index is 1.53. The van der Waals surface area contributed by atoms with Crippen LogP contribution in [-0.4, -0.2) is 104 Å². The third-order valence-corrected chi connectivity index (χ3v) is 6.74. The van der Waals surface area contributed by atoms with E-state index < -0.39 is 5.60 Å². The maximum Gasteiger partial charge on any atom is 0.410 e. The monoisotopic (exact) mass is 476 g/mol. The van der Waals surface area contributed by atoms with Gasteiger partial charge in [-0.25, -0.2) is 4.79 Å². The number of nitrogens with zero attached hydrogens (tertiary/aromatic N) is 5. The lowest BCUT2D eigenvalue weighted by molar-refractivity contribution is 0.00335. The lowest BCUT2D eigenvalue weighted by Gasteiger charge is -2.42. The predicted molar refractivity (Wildman–Crippen MR) is 129 cm³/mol. The highest BCUT2D eigenvalue weighted by Gasteiger charge is 2.35. The van der Waals surface area contributed by atoms with E-state index in [1.807, 2.05) is 20.8 Å². The molecule has 3 aliphatic rings. The van der Waals surface area contributed by atoms with Crippen molar-refractivity contribution in [3.05, 3.63) is 11.3 Å². The molecule has 0 aromatic carbocycles. The summed E-state index contributed by atoms with van der Waals surface area (Å²) in [6.45, 7) is 11.2. The fraction of sp³-hybridized carbons (Fsp3) is 0.792. The van der Waals surface area contributed by atoms with Crippen LogP contribution < -0.4 is 15.0 Å². The number of amides is 1. The summed E-state index contributed by atoms with van der Waals surface area (Å²) in [5.74, 6) is 0.922. The van der Waals surface area contributed by atoms with E-state index >= 15 is 0 Å². The molecule has 4 rings (SSSR count). The van der Waals surface area contributed by atoms with Gasteiger partial charge in [0.2, 0.25) is 0 Å². The number of hydrogen-bond donors (Lipinski definition) is 1. The largest absolute Gasteiger partial charge is 0.462 e. The van der Waals surface area contributed by atoms with Crippen molar-refractivity contribution in [1.29, 1.82) is 0 Å². The molecular formula is C24H40N6O4. The molecule has 3 aliphatic heterocycles. The second-order valence-electron chi connectivity index (χ2n) is 10.5. The van der Waals surface area contributed by atoms with Crippen LogP contribution in [0.15, 0.2) is 0 Å². The number of piperazine rings is 1. The number of ether oxygens (including phenoxy) is 3. The first kappa shape index (κ1) is 24.9. The average Bonchev–Trinajstić information content (AvgIpc) is 3.20. The molecule has 10 heteroatoms.